The second-order valence-corrected chi connectivity index (χ2v) is 8.49. The lowest BCUT2D eigenvalue weighted by atomic mass is 9.94. The summed E-state index contributed by atoms with van der Waals surface area (Å²) in [6.45, 7) is 3.80. The first-order valence-electron chi connectivity index (χ1n) is 10.6. The molecule has 1 unspecified atom stereocenters. The number of nitrogens with zero attached hydrogens (tertiary/aromatic N) is 1. The summed E-state index contributed by atoms with van der Waals surface area (Å²) in [5, 5.41) is 11.7. The third kappa shape index (κ3) is 4.01. The fourth-order valence-electron chi connectivity index (χ4n) is 4.12. The van der Waals surface area contributed by atoms with Crippen LogP contribution in [0.1, 0.15) is 28.3 Å². The van der Waals surface area contributed by atoms with Crippen molar-refractivity contribution in [1.29, 1.82) is 0 Å². The summed E-state index contributed by atoms with van der Waals surface area (Å²) in [5.41, 5.74) is 3.34. The summed E-state index contributed by atoms with van der Waals surface area (Å²) in [6, 6.07) is 16.6. The molecule has 0 spiro atoms. The Morgan fingerprint density at radius 3 is 2.29 bits per heavy atom. The van der Waals surface area contributed by atoms with Crippen molar-refractivity contribution in [2.45, 2.75) is 19.9 Å². The smallest absolute Gasteiger partial charge is 0.300 e. The van der Waals surface area contributed by atoms with Gasteiger partial charge in [0.2, 0.25) is 0 Å². The van der Waals surface area contributed by atoms with Gasteiger partial charge in [-0.1, -0.05) is 35.9 Å². The number of methoxy groups -OCH3 is 2. The average Bonchev–Trinajstić information content (AvgIpc) is 3.10. The molecule has 6 nitrogen and oxygen atoms in total. The van der Waals surface area contributed by atoms with Crippen molar-refractivity contribution in [1.82, 2.24) is 0 Å². The molecule has 1 amide bonds. The van der Waals surface area contributed by atoms with Gasteiger partial charge in [0, 0.05) is 11.3 Å². The molecule has 1 heterocycles. The van der Waals surface area contributed by atoms with Gasteiger partial charge in [-0.05, 0) is 66.9 Å². The van der Waals surface area contributed by atoms with Crippen LogP contribution in [0.15, 0.2) is 66.2 Å². The van der Waals surface area contributed by atoms with Gasteiger partial charge in [0.1, 0.15) is 17.3 Å². The number of hydrogen-bond acceptors (Lipinski definition) is 5. The standard InChI is InChI=1S/C27H24ClNO5/c1-15-5-6-16(2)21(13-15)29-24(17-7-10-19(33-3)11-8-17)23(26(31)27(29)32)25(30)18-9-12-20(28)22(14-18)34-4/h5-14,24,30H,1-4H3/b25-23-. The van der Waals surface area contributed by atoms with E-state index in [-0.39, 0.29) is 11.3 Å². The van der Waals surface area contributed by atoms with E-state index in [1.807, 2.05) is 32.0 Å². The van der Waals surface area contributed by atoms with Crippen LogP contribution in [-0.2, 0) is 9.59 Å². The molecule has 0 aromatic heterocycles. The lowest BCUT2D eigenvalue weighted by Crippen LogP contribution is -2.30. The van der Waals surface area contributed by atoms with E-state index in [0.717, 1.165) is 11.1 Å². The number of ketones is 1. The molecule has 0 aliphatic carbocycles. The lowest BCUT2D eigenvalue weighted by molar-refractivity contribution is -0.132. The molecule has 4 rings (SSSR count). The SMILES string of the molecule is COc1ccc(C2/C(=C(/O)c3ccc(Cl)c(OC)c3)C(=O)C(=O)N2c2cc(C)ccc2C)cc1. The molecule has 7 heteroatoms. The number of aliphatic hydroxyl groups excluding tert-OH is 1. The first-order chi connectivity index (χ1) is 16.3. The van der Waals surface area contributed by atoms with Crippen molar-refractivity contribution in [3.05, 3.63) is 93.5 Å². The summed E-state index contributed by atoms with van der Waals surface area (Å²) in [6.07, 6.45) is 0. The number of ether oxygens (including phenoxy) is 2. The fourth-order valence-corrected chi connectivity index (χ4v) is 4.32. The van der Waals surface area contributed by atoms with Gasteiger partial charge < -0.3 is 14.6 Å². The number of halogens is 1. The number of amides is 1. The Hall–Kier alpha value is -3.77. The third-order valence-corrected chi connectivity index (χ3v) is 6.24. The highest BCUT2D eigenvalue weighted by Gasteiger charge is 2.47. The molecule has 1 fully saturated rings. The van der Waals surface area contributed by atoms with Crippen LogP contribution in [0.4, 0.5) is 5.69 Å². The van der Waals surface area contributed by atoms with E-state index in [2.05, 4.69) is 0 Å². The number of Topliss-reactive ketones (excluding diaryl/α,β-unsaturated/α-hetero) is 1. The van der Waals surface area contributed by atoms with Crippen LogP contribution in [0.5, 0.6) is 11.5 Å². The molecule has 0 radical (unpaired) electrons. The van der Waals surface area contributed by atoms with E-state index in [1.54, 1.807) is 43.5 Å². The van der Waals surface area contributed by atoms with E-state index in [0.29, 0.717) is 33.3 Å². The van der Waals surface area contributed by atoms with E-state index in [1.165, 1.54) is 18.1 Å². The summed E-state index contributed by atoms with van der Waals surface area (Å²) < 4.78 is 10.5. The number of carbonyl (C=O) groups excluding carboxylic acids is 2. The van der Waals surface area contributed by atoms with Crippen molar-refractivity contribution >= 4 is 34.7 Å². The number of benzene rings is 3. The van der Waals surface area contributed by atoms with Crippen LogP contribution >= 0.6 is 11.6 Å². The molecular formula is C27H24ClNO5. The molecule has 174 valence electrons. The molecule has 0 bridgehead atoms. The monoisotopic (exact) mass is 477 g/mol. The first kappa shape index (κ1) is 23.4. The van der Waals surface area contributed by atoms with Gasteiger partial charge in [-0.3, -0.25) is 14.5 Å². The third-order valence-electron chi connectivity index (χ3n) is 5.92. The van der Waals surface area contributed by atoms with Gasteiger partial charge in [-0.2, -0.15) is 0 Å². The average molecular weight is 478 g/mol. The fraction of sp³-hybridized carbons (Fsp3) is 0.185. The maximum absolute atomic E-state index is 13.4. The van der Waals surface area contributed by atoms with Crippen LogP contribution in [0.2, 0.25) is 5.02 Å². The maximum atomic E-state index is 13.4. The Labute approximate surface area is 203 Å². The van der Waals surface area contributed by atoms with Crippen molar-refractivity contribution in [2.75, 3.05) is 19.1 Å². The number of aryl methyl sites for hydroxylation is 2. The van der Waals surface area contributed by atoms with Gasteiger partial charge in [0.05, 0.1) is 30.9 Å². The van der Waals surface area contributed by atoms with Crippen LogP contribution in [0.3, 0.4) is 0 Å². The molecule has 1 N–H and O–H groups in total. The van der Waals surface area contributed by atoms with Gasteiger partial charge in [0.15, 0.2) is 0 Å². The van der Waals surface area contributed by atoms with Crippen LogP contribution < -0.4 is 14.4 Å². The second kappa shape index (κ2) is 9.23. The predicted octanol–water partition coefficient (Wildman–Crippen LogP) is 5.60. The molecule has 1 saturated heterocycles. The zero-order chi connectivity index (χ0) is 24.6. The van der Waals surface area contributed by atoms with E-state index >= 15 is 0 Å². The number of carbonyl (C=O) groups is 2. The zero-order valence-corrected chi connectivity index (χ0v) is 20.0. The lowest BCUT2D eigenvalue weighted by Gasteiger charge is -2.27. The highest BCUT2D eigenvalue weighted by atomic mass is 35.5. The Morgan fingerprint density at radius 1 is 0.941 bits per heavy atom. The summed E-state index contributed by atoms with van der Waals surface area (Å²) >= 11 is 6.14. The van der Waals surface area contributed by atoms with Crippen molar-refractivity contribution < 1.29 is 24.2 Å². The molecule has 3 aromatic carbocycles. The number of anilines is 1. The van der Waals surface area contributed by atoms with Gasteiger partial charge in [0.25, 0.3) is 11.7 Å². The molecule has 1 aliphatic heterocycles. The summed E-state index contributed by atoms with van der Waals surface area (Å²) in [5.74, 6) is -0.808. The summed E-state index contributed by atoms with van der Waals surface area (Å²) in [7, 11) is 3.02. The molecule has 1 aliphatic rings. The van der Waals surface area contributed by atoms with E-state index < -0.39 is 17.7 Å². The van der Waals surface area contributed by atoms with E-state index in [9.17, 15) is 14.7 Å². The number of aliphatic hydroxyl groups is 1. The van der Waals surface area contributed by atoms with Crippen LogP contribution in [-0.4, -0.2) is 31.0 Å². The largest absolute Gasteiger partial charge is 0.507 e. The molecule has 1 atom stereocenters. The quantitative estimate of drug-likeness (QED) is 0.294. The Bertz CT molecular complexity index is 1310. The minimum atomic E-state index is -0.840. The zero-order valence-electron chi connectivity index (χ0n) is 19.3. The highest BCUT2D eigenvalue weighted by molar-refractivity contribution is 6.51. The number of rotatable bonds is 5. The van der Waals surface area contributed by atoms with Crippen LogP contribution in [0.25, 0.3) is 5.76 Å². The van der Waals surface area contributed by atoms with Gasteiger partial charge in [-0.15, -0.1) is 0 Å². The topological polar surface area (TPSA) is 76.1 Å². The van der Waals surface area contributed by atoms with Gasteiger partial charge >= 0.3 is 0 Å². The predicted molar refractivity (Wildman–Crippen MR) is 132 cm³/mol. The van der Waals surface area contributed by atoms with Gasteiger partial charge in [-0.25, -0.2) is 0 Å². The van der Waals surface area contributed by atoms with Crippen molar-refractivity contribution in [3.8, 4) is 11.5 Å². The van der Waals surface area contributed by atoms with E-state index in [4.69, 9.17) is 21.1 Å². The highest BCUT2D eigenvalue weighted by Crippen LogP contribution is 2.44. The van der Waals surface area contributed by atoms with Crippen LogP contribution in [0, 0.1) is 13.8 Å². The maximum Gasteiger partial charge on any atom is 0.300 e. The minimum absolute atomic E-state index is 0.0135. The normalized spacial score (nSPS) is 17.2. The number of hydrogen-bond donors (Lipinski definition) is 1. The Morgan fingerprint density at radius 2 is 1.65 bits per heavy atom. The molecular weight excluding hydrogens is 454 g/mol. The van der Waals surface area contributed by atoms with Crippen molar-refractivity contribution in [2.24, 2.45) is 0 Å². The minimum Gasteiger partial charge on any atom is -0.507 e. The molecule has 34 heavy (non-hydrogen) atoms. The first-order valence-corrected chi connectivity index (χ1v) is 11.0. The molecule has 3 aromatic rings. The van der Waals surface area contributed by atoms with Crippen molar-refractivity contribution in [3.63, 3.8) is 0 Å². The Balaban J connectivity index is 1.97. The second-order valence-electron chi connectivity index (χ2n) is 8.08. The molecule has 0 saturated carbocycles. The summed E-state index contributed by atoms with van der Waals surface area (Å²) in [4.78, 5) is 28.1. The Kier molecular flexibility index (Phi) is 6.35.